The van der Waals surface area contributed by atoms with Crippen molar-refractivity contribution < 1.29 is 9.90 Å². The van der Waals surface area contributed by atoms with E-state index < -0.39 is 16.9 Å². The SMILES string of the molecule is CCC(CC)(NCCC(C)(C)C#N)C(=O)O. The number of nitrogens with one attached hydrogen (secondary N) is 1. The van der Waals surface area contributed by atoms with E-state index in [0.717, 1.165) is 0 Å². The van der Waals surface area contributed by atoms with E-state index in [9.17, 15) is 9.90 Å². The second-order valence-electron chi connectivity index (χ2n) is 4.77. The molecule has 0 saturated carbocycles. The maximum Gasteiger partial charge on any atom is 0.323 e. The first-order valence-electron chi connectivity index (χ1n) is 5.73. The zero-order valence-corrected chi connectivity index (χ0v) is 10.6. The number of hydrogen-bond acceptors (Lipinski definition) is 3. The average Bonchev–Trinajstić information content (AvgIpc) is 2.24. The maximum absolute atomic E-state index is 11.2. The summed E-state index contributed by atoms with van der Waals surface area (Å²) in [4.78, 5) is 11.2. The Hall–Kier alpha value is -1.08. The quantitative estimate of drug-likeness (QED) is 0.697. The molecule has 0 rings (SSSR count). The van der Waals surface area contributed by atoms with Crippen molar-refractivity contribution in [2.24, 2.45) is 5.41 Å². The first-order chi connectivity index (χ1) is 7.33. The third-order valence-electron chi connectivity index (χ3n) is 3.13. The van der Waals surface area contributed by atoms with Crippen molar-refractivity contribution in [2.45, 2.75) is 52.5 Å². The summed E-state index contributed by atoms with van der Waals surface area (Å²) in [6.45, 7) is 7.98. The summed E-state index contributed by atoms with van der Waals surface area (Å²) in [5.74, 6) is -0.813. The van der Waals surface area contributed by atoms with E-state index in [4.69, 9.17) is 5.26 Å². The Bertz CT molecular complexity index is 275. The molecule has 0 aromatic carbocycles. The molecule has 0 radical (unpaired) electrons. The van der Waals surface area contributed by atoms with Crippen LogP contribution < -0.4 is 5.32 Å². The molecule has 0 aromatic heterocycles. The van der Waals surface area contributed by atoms with Crippen LogP contribution in [-0.4, -0.2) is 23.2 Å². The molecule has 0 fully saturated rings. The Morgan fingerprint density at radius 2 is 1.88 bits per heavy atom. The number of rotatable bonds is 7. The van der Waals surface area contributed by atoms with Gasteiger partial charge < -0.3 is 10.4 Å². The summed E-state index contributed by atoms with van der Waals surface area (Å²) < 4.78 is 0. The fourth-order valence-electron chi connectivity index (χ4n) is 1.55. The second kappa shape index (κ2) is 5.86. The van der Waals surface area contributed by atoms with Gasteiger partial charge in [-0.2, -0.15) is 5.26 Å². The fourth-order valence-corrected chi connectivity index (χ4v) is 1.55. The van der Waals surface area contributed by atoms with E-state index in [0.29, 0.717) is 25.8 Å². The number of hydrogen-bond donors (Lipinski definition) is 2. The lowest BCUT2D eigenvalue weighted by Gasteiger charge is -2.29. The van der Waals surface area contributed by atoms with Gasteiger partial charge in [-0.05, 0) is 39.7 Å². The van der Waals surface area contributed by atoms with Gasteiger partial charge in [0.15, 0.2) is 0 Å². The van der Waals surface area contributed by atoms with Crippen LogP contribution in [0, 0.1) is 16.7 Å². The van der Waals surface area contributed by atoms with Crippen LogP contribution in [0.2, 0.25) is 0 Å². The molecule has 0 amide bonds. The highest BCUT2D eigenvalue weighted by Gasteiger charge is 2.34. The highest BCUT2D eigenvalue weighted by atomic mass is 16.4. The molecule has 0 aliphatic heterocycles. The van der Waals surface area contributed by atoms with Crippen LogP contribution in [0.25, 0.3) is 0 Å². The average molecular weight is 226 g/mol. The number of carboxylic acid groups (broad SMARTS) is 1. The minimum atomic E-state index is -0.842. The maximum atomic E-state index is 11.2. The van der Waals surface area contributed by atoms with Crippen molar-refractivity contribution in [1.82, 2.24) is 5.32 Å². The Morgan fingerprint density at radius 3 is 2.19 bits per heavy atom. The zero-order chi connectivity index (χ0) is 12.8. The van der Waals surface area contributed by atoms with Crippen molar-refractivity contribution in [2.75, 3.05) is 6.54 Å². The molecule has 0 aromatic rings. The van der Waals surface area contributed by atoms with Crippen LogP contribution in [0.1, 0.15) is 47.0 Å². The van der Waals surface area contributed by atoms with Crippen molar-refractivity contribution in [1.29, 1.82) is 5.26 Å². The van der Waals surface area contributed by atoms with E-state index in [1.165, 1.54) is 0 Å². The van der Waals surface area contributed by atoms with Crippen LogP contribution >= 0.6 is 0 Å². The molecule has 0 saturated heterocycles. The molecule has 0 aliphatic carbocycles. The lowest BCUT2D eigenvalue weighted by atomic mass is 9.89. The highest BCUT2D eigenvalue weighted by molar-refractivity contribution is 5.78. The predicted octanol–water partition coefficient (Wildman–Crippen LogP) is 2.16. The number of aliphatic carboxylic acids is 1. The van der Waals surface area contributed by atoms with Gasteiger partial charge in [0.1, 0.15) is 5.54 Å². The van der Waals surface area contributed by atoms with Gasteiger partial charge in [0, 0.05) is 0 Å². The van der Waals surface area contributed by atoms with E-state index in [-0.39, 0.29) is 0 Å². The molecule has 0 aliphatic rings. The number of carboxylic acids is 1. The smallest absolute Gasteiger partial charge is 0.323 e. The van der Waals surface area contributed by atoms with Crippen molar-refractivity contribution in [3.63, 3.8) is 0 Å². The van der Waals surface area contributed by atoms with E-state index in [1.807, 2.05) is 27.7 Å². The number of carbonyl (C=O) groups is 1. The molecular formula is C12H22N2O2. The van der Waals surface area contributed by atoms with Crippen LogP contribution in [0.4, 0.5) is 0 Å². The monoisotopic (exact) mass is 226 g/mol. The Labute approximate surface area is 97.7 Å². The fraction of sp³-hybridized carbons (Fsp3) is 0.833. The van der Waals surface area contributed by atoms with Gasteiger partial charge in [0.05, 0.1) is 11.5 Å². The van der Waals surface area contributed by atoms with Gasteiger partial charge in [-0.15, -0.1) is 0 Å². The molecule has 92 valence electrons. The summed E-state index contributed by atoms with van der Waals surface area (Å²) >= 11 is 0. The Balaban J connectivity index is 4.37. The van der Waals surface area contributed by atoms with Gasteiger partial charge in [0.2, 0.25) is 0 Å². The van der Waals surface area contributed by atoms with Gasteiger partial charge in [-0.1, -0.05) is 13.8 Å². The molecule has 4 nitrogen and oxygen atoms in total. The Morgan fingerprint density at radius 1 is 1.38 bits per heavy atom. The summed E-state index contributed by atoms with van der Waals surface area (Å²) in [5.41, 5.74) is -1.25. The molecule has 4 heteroatoms. The first-order valence-corrected chi connectivity index (χ1v) is 5.73. The van der Waals surface area contributed by atoms with Crippen molar-refractivity contribution >= 4 is 5.97 Å². The first kappa shape index (κ1) is 14.9. The van der Waals surface area contributed by atoms with Crippen molar-refractivity contribution in [3.8, 4) is 6.07 Å². The molecule has 2 N–H and O–H groups in total. The van der Waals surface area contributed by atoms with Crippen LogP contribution in [0.3, 0.4) is 0 Å². The van der Waals surface area contributed by atoms with E-state index in [1.54, 1.807) is 0 Å². The topological polar surface area (TPSA) is 73.1 Å². The largest absolute Gasteiger partial charge is 0.480 e. The van der Waals surface area contributed by atoms with E-state index in [2.05, 4.69) is 11.4 Å². The normalized spacial score (nSPS) is 12.2. The standard InChI is InChI=1S/C12H22N2O2/c1-5-12(6-2,10(15)16)14-8-7-11(3,4)9-13/h14H,5-8H2,1-4H3,(H,15,16). The summed E-state index contributed by atoms with van der Waals surface area (Å²) in [7, 11) is 0. The molecule has 0 heterocycles. The predicted molar refractivity (Wildman–Crippen MR) is 63.0 cm³/mol. The molecule has 0 bridgehead atoms. The number of nitriles is 1. The lowest BCUT2D eigenvalue weighted by molar-refractivity contribution is -0.145. The second-order valence-corrected chi connectivity index (χ2v) is 4.77. The van der Waals surface area contributed by atoms with Crippen LogP contribution in [-0.2, 0) is 4.79 Å². The molecule has 0 unspecified atom stereocenters. The van der Waals surface area contributed by atoms with Gasteiger partial charge in [-0.25, -0.2) is 0 Å². The zero-order valence-electron chi connectivity index (χ0n) is 10.6. The minimum Gasteiger partial charge on any atom is -0.480 e. The molecule has 16 heavy (non-hydrogen) atoms. The van der Waals surface area contributed by atoms with Gasteiger partial charge in [-0.3, -0.25) is 4.79 Å². The van der Waals surface area contributed by atoms with Gasteiger partial charge >= 0.3 is 5.97 Å². The van der Waals surface area contributed by atoms with Crippen LogP contribution in [0.5, 0.6) is 0 Å². The molecule has 0 spiro atoms. The lowest BCUT2D eigenvalue weighted by Crippen LogP contribution is -2.51. The third kappa shape index (κ3) is 3.82. The van der Waals surface area contributed by atoms with Gasteiger partial charge in [0.25, 0.3) is 0 Å². The molecular weight excluding hydrogens is 204 g/mol. The van der Waals surface area contributed by atoms with Crippen molar-refractivity contribution in [3.05, 3.63) is 0 Å². The summed E-state index contributed by atoms with van der Waals surface area (Å²) in [5, 5.41) is 21.1. The Kier molecular flexibility index (Phi) is 5.46. The van der Waals surface area contributed by atoms with Crippen LogP contribution in [0.15, 0.2) is 0 Å². The minimum absolute atomic E-state index is 0.404. The number of nitrogens with zero attached hydrogens (tertiary/aromatic N) is 1. The summed E-state index contributed by atoms with van der Waals surface area (Å²) in [6, 6.07) is 2.21. The molecule has 0 atom stereocenters. The summed E-state index contributed by atoms with van der Waals surface area (Å²) in [6.07, 6.45) is 1.75. The third-order valence-corrected chi connectivity index (χ3v) is 3.13. The van der Waals surface area contributed by atoms with E-state index >= 15 is 0 Å². The highest BCUT2D eigenvalue weighted by Crippen LogP contribution is 2.20.